The van der Waals surface area contributed by atoms with Gasteiger partial charge >= 0.3 is 0 Å². The summed E-state index contributed by atoms with van der Waals surface area (Å²) in [5.74, 6) is 6.06. The van der Waals surface area contributed by atoms with E-state index in [1.54, 1.807) is 29.4 Å². The molecule has 0 bridgehead atoms. The topological polar surface area (TPSA) is 52.5 Å². The molecule has 1 aromatic heterocycles. The van der Waals surface area contributed by atoms with Gasteiger partial charge in [-0.25, -0.2) is 14.4 Å². The average molecular weight is 326 g/mol. The third-order valence-corrected chi connectivity index (χ3v) is 4.23. The van der Waals surface area contributed by atoms with Crippen LogP contribution in [-0.2, 0) is 0 Å². The van der Waals surface area contributed by atoms with Crippen molar-refractivity contribution in [3.63, 3.8) is 0 Å². The van der Waals surface area contributed by atoms with E-state index in [-0.39, 0.29) is 11.4 Å². The number of likely N-dealkylation sites (N-methyl/N-ethyl adjacent to an activating group) is 1. The van der Waals surface area contributed by atoms with E-state index in [0.717, 1.165) is 5.56 Å². The summed E-state index contributed by atoms with van der Waals surface area (Å²) in [6.45, 7) is 4.74. The summed E-state index contributed by atoms with van der Waals surface area (Å²) < 4.78 is 12.9. The van der Waals surface area contributed by atoms with Crippen LogP contribution in [0.3, 0.4) is 0 Å². The van der Waals surface area contributed by atoms with Crippen molar-refractivity contribution in [3.8, 4) is 11.8 Å². The van der Waals surface area contributed by atoms with E-state index in [4.69, 9.17) is 0 Å². The Morgan fingerprint density at radius 1 is 1.12 bits per heavy atom. The maximum Gasteiger partial charge on any atom is 0.228 e. The predicted molar refractivity (Wildman–Crippen MR) is 89.6 cm³/mol. The summed E-state index contributed by atoms with van der Waals surface area (Å²) in [5, 5.41) is 10.3. The maximum absolute atomic E-state index is 12.9. The van der Waals surface area contributed by atoms with Gasteiger partial charge in [-0.2, -0.15) is 0 Å². The molecule has 2 heterocycles. The van der Waals surface area contributed by atoms with E-state index < -0.39 is 6.35 Å². The van der Waals surface area contributed by atoms with Crippen molar-refractivity contribution < 1.29 is 9.50 Å². The highest BCUT2D eigenvalue weighted by atomic mass is 19.1. The Bertz CT molecular complexity index is 777. The Morgan fingerprint density at radius 3 is 2.25 bits per heavy atom. The van der Waals surface area contributed by atoms with Crippen LogP contribution in [0.5, 0.6) is 0 Å². The molecule has 0 spiro atoms. The normalized spacial score (nSPS) is 19.9. The minimum Gasteiger partial charge on any atom is -0.361 e. The first-order valence-corrected chi connectivity index (χ1v) is 7.64. The van der Waals surface area contributed by atoms with Gasteiger partial charge in [0.25, 0.3) is 0 Å². The van der Waals surface area contributed by atoms with Crippen molar-refractivity contribution in [2.24, 2.45) is 0 Å². The van der Waals surface area contributed by atoms with Crippen LogP contribution in [0.15, 0.2) is 36.7 Å². The molecule has 1 aromatic carbocycles. The van der Waals surface area contributed by atoms with Crippen molar-refractivity contribution >= 4 is 5.95 Å². The smallest absolute Gasteiger partial charge is 0.228 e. The van der Waals surface area contributed by atoms with Crippen LogP contribution in [0, 0.1) is 17.7 Å². The molecule has 0 saturated carbocycles. The van der Waals surface area contributed by atoms with E-state index in [9.17, 15) is 9.50 Å². The van der Waals surface area contributed by atoms with Crippen molar-refractivity contribution in [3.05, 3.63) is 53.6 Å². The number of halogens is 1. The number of nitrogens with zero attached hydrogens (tertiary/aromatic N) is 4. The number of aliphatic hydroxyl groups is 1. The zero-order valence-corrected chi connectivity index (χ0v) is 13.9. The molecule has 3 rings (SSSR count). The standard InChI is InChI=1S/C18H19FN4O/c1-18(2)12-23(17(24)22(18)3)16-20-10-14(11-21-16)5-4-13-6-8-15(19)9-7-13/h6-11,17,24H,12H2,1-3H3. The van der Waals surface area contributed by atoms with E-state index in [1.165, 1.54) is 12.1 Å². The molecule has 1 aliphatic rings. The zero-order chi connectivity index (χ0) is 17.3. The van der Waals surface area contributed by atoms with Gasteiger partial charge in [-0.1, -0.05) is 11.8 Å². The quantitative estimate of drug-likeness (QED) is 0.810. The third kappa shape index (κ3) is 3.23. The summed E-state index contributed by atoms with van der Waals surface area (Å²) in [7, 11) is 1.87. The predicted octanol–water partition coefficient (Wildman–Crippen LogP) is 1.82. The second kappa shape index (κ2) is 6.19. The second-order valence-electron chi connectivity index (χ2n) is 6.43. The van der Waals surface area contributed by atoms with Crippen LogP contribution in [0.25, 0.3) is 0 Å². The molecule has 1 fully saturated rings. The first-order valence-electron chi connectivity index (χ1n) is 7.64. The van der Waals surface area contributed by atoms with Crippen LogP contribution in [0.4, 0.5) is 10.3 Å². The molecule has 124 valence electrons. The minimum atomic E-state index is -0.754. The van der Waals surface area contributed by atoms with Gasteiger partial charge in [0.1, 0.15) is 5.82 Å². The lowest BCUT2D eigenvalue weighted by Crippen LogP contribution is -2.41. The Balaban J connectivity index is 1.76. The van der Waals surface area contributed by atoms with Crippen LogP contribution < -0.4 is 4.90 Å². The molecule has 0 amide bonds. The summed E-state index contributed by atoms with van der Waals surface area (Å²) in [5.41, 5.74) is 1.22. The highest BCUT2D eigenvalue weighted by Crippen LogP contribution is 2.28. The van der Waals surface area contributed by atoms with E-state index in [0.29, 0.717) is 18.1 Å². The highest BCUT2D eigenvalue weighted by Gasteiger charge is 2.42. The molecular weight excluding hydrogens is 307 g/mol. The Hall–Kier alpha value is -2.49. The number of rotatable bonds is 1. The zero-order valence-electron chi connectivity index (χ0n) is 13.9. The number of aliphatic hydroxyl groups excluding tert-OH is 1. The van der Waals surface area contributed by atoms with Crippen molar-refractivity contribution in [2.45, 2.75) is 25.7 Å². The van der Waals surface area contributed by atoms with Crippen LogP contribution >= 0.6 is 0 Å². The Kier molecular flexibility index (Phi) is 4.22. The maximum atomic E-state index is 12.9. The van der Waals surface area contributed by atoms with Crippen molar-refractivity contribution in [2.75, 3.05) is 18.5 Å². The van der Waals surface area contributed by atoms with Gasteiger partial charge in [-0.3, -0.25) is 4.90 Å². The van der Waals surface area contributed by atoms with Crippen molar-refractivity contribution in [1.29, 1.82) is 0 Å². The van der Waals surface area contributed by atoms with Crippen LogP contribution in [0.1, 0.15) is 25.0 Å². The monoisotopic (exact) mass is 326 g/mol. The fourth-order valence-corrected chi connectivity index (χ4v) is 2.52. The number of anilines is 1. The molecule has 1 atom stereocenters. The second-order valence-corrected chi connectivity index (χ2v) is 6.43. The Morgan fingerprint density at radius 2 is 1.71 bits per heavy atom. The molecule has 1 unspecified atom stereocenters. The lowest BCUT2D eigenvalue weighted by atomic mass is 10.1. The number of hydrogen-bond acceptors (Lipinski definition) is 5. The van der Waals surface area contributed by atoms with Crippen LogP contribution in [-0.4, -0.2) is 45.5 Å². The fraction of sp³-hybridized carbons (Fsp3) is 0.333. The van der Waals surface area contributed by atoms with E-state index in [2.05, 4.69) is 35.7 Å². The first-order chi connectivity index (χ1) is 11.4. The SMILES string of the molecule is CN1C(O)N(c2ncc(C#Cc3ccc(F)cc3)cn2)CC1(C)C. The summed E-state index contributed by atoms with van der Waals surface area (Å²) in [6.07, 6.45) is 2.49. The summed E-state index contributed by atoms with van der Waals surface area (Å²) in [6, 6.07) is 5.99. The highest BCUT2D eigenvalue weighted by molar-refractivity contribution is 5.43. The van der Waals surface area contributed by atoms with Gasteiger partial charge in [-0.15, -0.1) is 0 Å². The number of aromatic nitrogens is 2. The molecule has 0 aliphatic carbocycles. The largest absolute Gasteiger partial charge is 0.361 e. The van der Waals surface area contributed by atoms with Gasteiger partial charge in [0.2, 0.25) is 5.95 Å². The summed E-state index contributed by atoms with van der Waals surface area (Å²) in [4.78, 5) is 12.2. The van der Waals surface area contributed by atoms with E-state index in [1.807, 2.05) is 11.9 Å². The molecule has 6 heteroatoms. The molecule has 2 aromatic rings. The molecule has 1 N–H and O–H groups in total. The third-order valence-electron chi connectivity index (χ3n) is 4.23. The van der Waals surface area contributed by atoms with Gasteiger partial charge in [0.05, 0.1) is 5.56 Å². The van der Waals surface area contributed by atoms with Crippen molar-refractivity contribution in [1.82, 2.24) is 14.9 Å². The lowest BCUT2D eigenvalue weighted by molar-refractivity contribution is 0.0152. The minimum absolute atomic E-state index is 0.163. The lowest BCUT2D eigenvalue weighted by Gasteiger charge is -2.27. The van der Waals surface area contributed by atoms with E-state index >= 15 is 0 Å². The van der Waals surface area contributed by atoms with Crippen LogP contribution in [0.2, 0.25) is 0 Å². The fourth-order valence-electron chi connectivity index (χ4n) is 2.52. The van der Waals surface area contributed by atoms with Gasteiger partial charge in [0.15, 0.2) is 6.35 Å². The van der Waals surface area contributed by atoms with Gasteiger partial charge in [-0.05, 0) is 45.2 Å². The molecule has 0 radical (unpaired) electrons. The number of hydrogen-bond donors (Lipinski definition) is 1. The molecule has 1 saturated heterocycles. The van der Waals surface area contributed by atoms with Gasteiger partial charge in [0, 0.05) is 30.0 Å². The molecule has 24 heavy (non-hydrogen) atoms. The molecule has 5 nitrogen and oxygen atoms in total. The molecule has 1 aliphatic heterocycles. The Labute approximate surface area is 140 Å². The van der Waals surface area contributed by atoms with Gasteiger partial charge < -0.3 is 10.0 Å². The molecular formula is C18H19FN4O. The first kappa shape index (κ1) is 16.4. The summed E-state index contributed by atoms with van der Waals surface area (Å²) >= 11 is 0. The average Bonchev–Trinajstić information content (AvgIpc) is 2.78. The number of benzene rings is 1.